The molecule has 27 heavy (non-hydrogen) atoms. The Morgan fingerprint density at radius 1 is 1.19 bits per heavy atom. The van der Waals surface area contributed by atoms with Gasteiger partial charge >= 0.3 is 0 Å². The lowest BCUT2D eigenvalue weighted by atomic mass is 9.79. The van der Waals surface area contributed by atoms with Crippen molar-refractivity contribution in [3.8, 4) is 0 Å². The number of carbonyl (C=O) groups excluding carboxylic acids is 1. The number of anilines is 1. The monoisotopic (exact) mass is 400 g/mol. The van der Waals surface area contributed by atoms with Crippen LogP contribution in [0.2, 0.25) is 10.0 Å². The lowest BCUT2D eigenvalue weighted by Crippen LogP contribution is -2.50. The topological polar surface area (TPSA) is 32.7 Å². The summed E-state index contributed by atoms with van der Waals surface area (Å²) < 4.78 is 0. The second kappa shape index (κ2) is 6.35. The third-order valence-electron chi connectivity index (χ3n) is 5.58. The first-order chi connectivity index (χ1) is 12.7. The van der Waals surface area contributed by atoms with E-state index >= 15 is 0 Å². The first-order valence-electron chi connectivity index (χ1n) is 9.28. The number of hydrogen-bond donors (Lipinski definition) is 0. The van der Waals surface area contributed by atoms with Crippen molar-refractivity contribution >= 4 is 46.2 Å². The van der Waals surface area contributed by atoms with Crippen molar-refractivity contribution in [2.75, 3.05) is 4.90 Å². The molecule has 0 saturated carbocycles. The van der Waals surface area contributed by atoms with Gasteiger partial charge in [0.15, 0.2) is 0 Å². The van der Waals surface area contributed by atoms with Gasteiger partial charge in [0.1, 0.15) is 5.71 Å². The molecule has 4 rings (SSSR count). The third-order valence-corrected chi connectivity index (χ3v) is 6.32. The van der Waals surface area contributed by atoms with Crippen molar-refractivity contribution in [2.24, 2.45) is 4.99 Å². The summed E-state index contributed by atoms with van der Waals surface area (Å²) in [7, 11) is 0. The summed E-state index contributed by atoms with van der Waals surface area (Å²) in [5.74, 6) is 0.358. The molecule has 2 aliphatic heterocycles. The minimum Gasteiger partial charge on any atom is -0.300 e. The van der Waals surface area contributed by atoms with Crippen molar-refractivity contribution in [3.63, 3.8) is 0 Å². The smallest absolute Gasteiger partial charge is 0.278 e. The molecule has 2 heterocycles. The number of nitrogens with zero attached hydrogens (tertiary/aromatic N) is 2. The molecule has 0 N–H and O–H groups in total. The van der Waals surface area contributed by atoms with Crippen LogP contribution in [0, 0.1) is 0 Å². The standard InChI is InChI=1S/C22H22Cl2N2O/c1-5-13-8-15-12(2)11-22(3,4)26-20(15)16(9-13)19(21(26)27)25-14-6-7-17(23)18(24)10-14/h6-10,12H,5,11H2,1-4H3/t12-/m1/s1. The average Bonchev–Trinajstić information content (AvgIpc) is 2.89. The third kappa shape index (κ3) is 2.88. The largest absolute Gasteiger partial charge is 0.300 e. The molecular weight excluding hydrogens is 379 g/mol. The Morgan fingerprint density at radius 2 is 1.93 bits per heavy atom. The van der Waals surface area contributed by atoms with Gasteiger partial charge in [0.05, 0.1) is 21.4 Å². The molecule has 0 unspecified atom stereocenters. The Morgan fingerprint density at radius 3 is 2.59 bits per heavy atom. The molecule has 0 fully saturated rings. The van der Waals surface area contributed by atoms with Gasteiger partial charge in [0, 0.05) is 11.1 Å². The minimum atomic E-state index is -0.249. The maximum Gasteiger partial charge on any atom is 0.278 e. The zero-order valence-electron chi connectivity index (χ0n) is 15.9. The van der Waals surface area contributed by atoms with Gasteiger partial charge in [-0.05, 0) is 68.0 Å². The van der Waals surface area contributed by atoms with Crippen LogP contribution in [0.4, 0.5) is 11.4 Å². The molecule has 2 aromatic rings. The SMILES string of the molecule is CCc1cc2c3c(c1)[C@H](C)CC(C)(C)N3C(=O)C2=Nc1ccc(Cl)c(Cl)c1. The molecule has 0 aromatic heterocycles. The fourth-order valence-electron chi connectivity index (χ4n) is 4.37. The quantitative estimate of drug-likeness (QED) is 0.581. The number of benzene rings is 2. The average molecular weight is 401 g/mol. The van der Waals surface area contributed by atoms with Gasteiger partial charge in [-0.15, -0.1) is 0 Å². The molecule has 0 bridgehead atoms. The van der Waals surface area contributed by atoms with Crippen molar-refractivity contribution in [1.82, 2.24) is 0 Å². The maximum absolute atomic E-state index is 13.4. The van der Waals surface area contributed by atoms with E-state index in [0.717, 1.165) is 24.1 Å². The lowest BCUT2D eigenvalue weighted by Gasteiger charge is -2.43. The van der Waals surface area contributed by atoms with Crippen LogP contribution < -0.4 is 4.90 Å². The van der Waals surface area contributed by atoms with Crippen molar-refractivity contribution < 1.29 is 4.79 Å². The van der Waals surface area contributed by atoms with E-state index in [1.165, 1.54) is 11.1 Å². The van der Waals surface area contributed by atoms with E-state index in [2.05, 4.69) is 39.8 Å². The Labute approximate surface area is 170 Å². The number of halogens is 2. The Kier molecular flexibility index (Phi) is 4.36. The number of carbonyl (C=O) groups is 1. The zero-order valence-corrected chi connectivity index (χ0v) is 17.4. The highest BCUT2D eigenvalue weighted by atomic mass is 35.5. The summed E-state index contributed by atoms with van der Waals surface area (Å²) in [6.45, 7) is 8.64. The number of rotatable bonds is 2. The van der Waals surface area contributed by atoms with Gasteiger partial charge in [-0.1, -0.05) is 43.1 Å². The molecule has 140 valence electrons. The summed E-state index contributed by atoms with van der Waals surface area (Å²) in [5, 5.41) is 0.908. The van der Waals surface area contributed by atoms with E-state index in [-0.39, 0.29) is 11.4 Å². The van der Waals surface area contributed by atoms with Crippen LogP contribution >= 0.6 is 23.2 Å². The second-order valence-corrected chi connectivity index (χ2v) is 8.87. The molecule has 0 saturated heterocycles. The van der Waals surface area contributed by atoms with Crippen molar-refractivity contribution in [1.29, 1.82) is 0 Å². The van der Waals surface area contributed by atoms with Crippen LogP contribution in [-0.2, 0) is 11.2 Å². The molecule has 0 radical (unpaired) electrons. The first-order valence-corrected chi connectivity index (χ1v) is 10.0. The second-order valence-electron chi connectivity index (χ2n) is 8.05. The van der Waals surface area contributed by atoms with E-state index in [9.17, 15) is 4.79 Å². The van der Waals surface area contributed by atoms with E-state index in [0.29, 0.717) is 27.4 Å². The normalized spacial score (nSPS) is 21.7. The summed E-state index contributed by atoms with van der Waals surface area (Å²) in [5.41, 5.74) is 5.31. The maximum atomic E-state index is 13.4. The van der Waals surface area contributed by atoms with Gasteiger partial charge in [-0.25, -0.2) is 4.99 Å². The predicted octanol–water partition coefficient (Wildman–Crippen LogP) is 6.31. The van der Waals surface area contributed by atoms with Gasteiger partial charge in [0.25, 0.3) is 5.91 Å². The van der Waals surface area contributed by atoms with E-state index < -0.39 is 0 Å². The fourth-order valence-corrected chi connectivity index (χ4v) is 4.66. The highest BCUT2D eigenvalue weighted by molar-refractivity contribution is 6.55. The molecule has 2 aliphatic rings. The lowest BCUT2D eigenvalue weighted by molar-refractivity contribution is -0.113. The Hall–Kier alpha value is -1.84. The van der Waals surface area contributed by atoms with Crippen LogP contribution in [0.25, 0.3) is 0 Å². The van der Waals surface area contributed by atoms with E-state index in [1.807, 2.05) is 4.90 Å². The van der Waals surface area contributed by atoms with E-state index in [4.69, 9.17) is 28.2 Å². The molecule has 0 aliphatic carbocycles. The van der Waals surface area contributed by atoms with Crippen LogP contribution in [0.3, 0.4) is 0 Å². The minimum absolute atomic E-state index is 0.0394. The summed E-state index contributed by atoms with van der Waals surface area (Å²) in [6, 6.07) is 9.56. The van der Waals surface area contributed by atoms with Gasteiger partial charge in [0.2, 0.25) is 0 Å². The molecule has 3 nitrogen and oxygen atoms in total. The summed E-state index contributed by atoms with van der Waals surface area (Å²) in [4.78, 5) is 20.0. The molecule has 1 atom stereocenters. The number of aliphatic imine (C=N–C) groups is 1. The first kappa shape index (κ1) is 18.5. The van der Waals surface area contributed by atoms with Gasteiger partial charge in [-0.3, -0.25) is 4.79 Å². The summed E-state index contributed by atoms with van der Waals surface area (Å²) in [6.07, 6.45) is 1.85. The van der Waals surface area contributed by atoms with Crippen molar-refractivity contribution in [2.45, 2.75) is 52.0 Å². The van der Waals surface area contributed by atoms with Gasteiger partial charge < -0.3 is 4.90 Å². The Balaban J connectivity index is 1.96. The van der Waals surface area contributed by atoms with Gasteiger partial charge in [-0.2, -0.15) is 0 Å². The fraction of sp³-hybridized carbons (Fsp3) is 0.364. The van der Waals surface area contributed by atoms with E-state index in [1.54, 1.807) is 18.2 Å². The van der Waals surface area contributed by atoms with Crippen LogP contribution in [-0.4, -0.2) is 17.2 Å². The van der Waals surface area contributed by atoms with Crippen molar-refractivity contribution in [3.05, 3.63) is 57.1 Å². The number of amides is 1. The highest BCUT2D eigenvalue weighted by Crippen LogP contribution is 2.49. The molecule has 2 aromatic carbocycles. The van der Waals surface area contributed by atoms with Crippen LogP contribution in [0.5, 0.6) is 0 Å². The molecular formula is C22H22Cl2N2O. The zero-order chi connectivity index (χ0) is 19.5. The highest BCUT2D eigenvalue weighted by Gasteiger charge is 2.48. The number of hydrogen-bond acceptors (Lipinski definition) is 2. The van der Waals surface area contributed by atoms with Crippen LogP contribution in [0.1, 0.15) is 56.7 Å². The summed E-state index contributed by atoms with van der Waals surface area (Å²) >= 11 is 12.2. The molecule has 1 amide bonds. The Bertz CT molecular complexity index is 994. The molecule has 5 heteroatoms. The molecule has 0 spiro atoms. The van der Waals surface area contributed by atoms with Crippen LogP contribution in [0.15, 0.2) is 35.3 Å². The number of aryl methyl sites for hydroxylation is 1. The predicted molar refractivity (Wildman–Crippen MR) is 113 cm³/mol.